The molecule has 0 aromatic heterocycles. The van der Waals surface area contributed by atoms with Crippen molar-refractivity contribution in [3.63, 3.8) is 0 Å². The molecule has 0 saturated heterocycles. The molecule has 23 heavy (non-hydrogen) atoms. The smallest absolute Gasteiger partial charge is 0.193 e. The van der Waals surface area contributed by atoms with Crippen LogP contribution >= 0.6 is 0 Å². The molecule has 2 aromatic rings. The van der Waals surface area contributed by atoms with Crippen molar-refractivity contribution in [2.75, 3.05) is 12.4 Å². The van der Waals surface area contributed by atoms with Gasteiger partial charge in [-0.05, 0) is 42.5 Å². The van der Waals surface area contributed by atoms with Crippen LogP contribution in [-0.4, -0.2) is 13.1 Å². The highest BCUT2D eigenvalue weighted by molar-refractivity contribution is 5.92. The number of aliphatic imine (C=N–C) groups is 1. The number of hydrogen-bond acceptors (Lipinski definition) is 2. The van der Waals surface area contributed by atoms with Gasteiger partial charge in [-0.3, -0.25) is 0 Å². The number of nitrogens with zero attached hydrogens (tertiary/aromatic N) is 1. The van der Waals surface area contributed by atoms with E-state index in [1.807, 2.05) is 30.3 Å². The predicted molar refractivity (Wildman–Crippen MR) is 90.3 cm³/mol. The molecule has 5 heteroatoms. The average molecular weight is 313 g/mol. The van der Waals surface area contributed by atoms with E-state index in [9.17, 15) is 4.39 Å². The van der Waals surface area contributed by atoms with Crippen LogP contribution in [0.3, 0.4) is 0 Å². The normalized spacial score (nSPS) is 14.6. The van der Waals surface area contributed by atoms with Crippen LogP contribution < -0.4 is 15.8 Å². The fraction of sp³-hybridized carbons (Fsp3) is 0.278. The van der Waals surface area contributed by atoms with Crippen molar-refractivity contribution in [1.29, 1.82) is 0 Å². The first-order valence-electron chi connectivity index (χ1n) is 7.65. The molecule has 1 aliphatic rings. The van der Waals surface area contributed by atoms with E-state index in [2.05, 4.69) is 10.3 Å². The zero-order chi connectivity index (χ0) is 16.2. The Balaban J connectivity index is 1.64. The molecule has 0 amide bonds. The Morgan fingerprint density at radius 2 is 2.13 bits per heavy atom. The van der Waals surface area contributed by atoms with Crippen LogP contribution in [0.25, 0.3) is 0 Å². The van der Waals surface area contributed by atoms with E-state index in [1.54, 1.807) is 19.2 Å². The van der Waals surface area contributed by atoms with Gasteiger partial charge in [0.05, 0.1) is 13.7 Å². The highest BCUT2D eigenvalue weighted by Crippen LogP contribution is 2.40. The van der Waals surface area contributed by atoms with E-state index in [1.165, 1.54) is 0 Å². The Labute approximate surface area is 135 Å². The molecule has 0 unspecified atom stereocenters. The molecule has 3 rings (SSSR count). The lowest BCUT2D eigenvalue weighted by Crippen LogP contribution is -2.22. The van der Waals surface area contributed by atoms with Gasteiger partial charge in [-0.15, -0.1) is 0 Å². The van der Waals surface area contributed by atoms with Gasteiger partial charge in [0, 0.05) is 17.3 Å². The summed E-state index contributed by atoms with van der Waals surface area (Å²) in [4.78, 5) is 4.20. The fourth-order valence-corrected chi connectivity index (χ4v) is 2.42. The van der Waals surface area contributed by atoms with Gasteiger partial charge in [-0.25, -0.2) is 9.38 Å². The molecule has 3 N–H and O–H groups in total. The van der Waals surface area contributed by atoms with Crippen LogP contribution in [0.15, 0.2) is 47.5 Å². The molecule has 1 fully saturated rings. The summed E-state index contributed by atoms with van der Waals surface area (Å²) >= 11 is 0. The topological polar surface area (TPSA) is 59.6 Å². The second-order valence-corrected chi connectivity index (χ2v) is 5.68. The minimum Gasteiger partial charge on any atom is -0.497 e. The molecule has 0 bridgehead atoms. The number of methoxy groups -OCH3 is 1. The molecule has 0 aliphatic heterocycles. The molecule has 120 valence electrons. The molecule has 2 aromatic carbocycles. The predicted octanol–water partition coefficient (Wildman–Crippen LogP) is 3.64. The van der Waals surface area contributed by atoms with Crippen LogP contribution in [0.1, 0.15) is 29.9 Å². The fourth-order valence-electron chi connectivity index (χ4n) is 2.42. The number of ether oxygens (including phenoxy) is 1. The van der Waals surface area contributed by atoms with E-state index >= 15 is 0 Å². The third-order valence-electron chi connectivity index (χ3n) is 3.89. The van der Waals surface area contributed by atoms with Gasteiger partial charge in [0.1, 0.15) is 11.6 Å². The molecule has 0 spiro atoms. The van der Waals surface area contributed by atoms with E-state index in [0.29, 0.717) is 11.5 Å². The standard InChI is InChI=1S/C18H20FN3O/c1-23-16-4-2-3-15(10-16)22-18(20)21-11-14-8-7-13(9-17(14)19)12-5-6-12/h2-4,7-10,12H,5-6,11H2,1H3,(H3,20,21,22). The number of anilines is 1. The summed E-state index contributed by atoms with van der Waals surface area (Å²) in [6.07, 6.45) is 2.32. The van der Waals surface area contributed by atoms with Crippen LogP contribution in [0.2, 0.25) is 0 Å². The maximum atomic E-state index is 14.1. The molecule has 0 heterocycles. The maximum Gasteiger partial charge on any atom is 0.193 e. The number of halogens is 1. The van der Waals surface area contributed by atoms with Crippen molar-refractivity contribution in [2.24, 2.45) is 10.7 Å². The van der Waals surface area contributed by atoms with Crippen molar-refractivity contribution in [2.45, 2.75) is 25.3 Å². The second kappa shape index (κ2) is 6.69. The summed E-state index contributed by atoms with van der Waals surface area (Å²) in [6.45, 7) is 0.208. The third-order valence-corrected chi connectivity index (χ3v) is 3.89. The van der Waals surface area contributed by atoms with Crippen LogP contribution in [0.4, 0.5) is 10.1 Å². The summed E-state index contributed by atoms with van der Waals surface area (Å²) in [5.41, 5.74) is 8.26. The number of nitrogens with two attached hydrogens (primary N) is 1. The number of rotatable bonds is 5. The maximum absolute atomic E-state index is 14.1. The highest BCUT2D eigenvalue weighted by atomic mass is 19.1. The first-order chi connectivity index (χ1) is 11.2. The second-order valence-electron chi connectivity index (χ2n) is 5.68. The third kappa shape index (κ3) is 4.00. The Bertz CT molecular complexity index is 726. The lowest BCUT2D eigenvalue weighted by atomic mass is 10.1. The quantitative estimate of drug-likeness (QED) is 0.654. The Kier molecular flexibility index (Phi) is 4.46. The number of hydrogen-bond donors (Lipinski definition) is 2. The van der Waals surface area contributed by atoms with Gasteiger partial charge in [-0.1, -0.05) is 18.2 Å². The average Bonchev–Trinajstić information content (AvgIpc) is 3.39. The summed E-state index contributed by atoms with van der Waals surface area (Å²) in [5.74, 6) is 1.29. The first-order valence-corrected chi connectivity index (χ1v) is 7.65. The summed E-state index contributed by atoms with van der Waals surface area (Å²) in [7, 11) is 1.60. The van der Waals surface area contributed by atoms with E-state index < -0.39 is 0 Å². The number of benzene rings is 2. The summed E-state index contributed by atoms with van der Waals surface area (Å²) < 4.78 is 19.2. The molecule has 4 nitrogen and oxygen atoms in total. The first kappa shape index (κ1) is 15.3. The van der Waals surface area contributed by atoms with Crippen molar-refractivity contribution in [1.82, 2.24) is 0 Å². The van der Waals surface area contributed by atoms with Crippen LogP contribution in [0.5, 0.6) is 5.75 Å². The lowest BCUT2D eigenvalue weighted by Gasteiger charge is -2.08. The molecule has 1 aliphatic carbocycles. The molecular formula is C18H20FN3O. The minimum absolute atomic E-state index is 0.208. The van der Waals surface area contributed by atoms with E-state index in [0.717, 1.165) is 29.8 Å². The van der Waals surface area contributed by atoms with Gasteiger partial charge in [0.25, 0.3) is 0 Å². The Morgan fingerprint density at radius 3 is 2.83 bits per heavy atom. The molecular weight excluding hydrogens is 293 g/mol. The van der Waals surface area contributed by atoms with E-state index in [4.69, 9.17) is 10.5 Å². The molecule has 0 atom stereocenters. The van der Waals surface area contributed by atoms with E-state index in [-0.39, 0.29) is 18.3 Å². The van der Waals surface area contributed by atoms with Crippen molar-refractivity contribution >= 4 is 11.6 Å². The Morgan fingerprint density at radius 1 is 1.30 bits per heavy atom. The number of guanidine groups is 1. The van der Waals surface area contributed by atoms with Gasteiger partial charge in [0.2, 0.25) is 0 Å². The largest absolute Gasteiger partial charge is 0.497 e. The highest BCUT2D eigenvalue weighted by Gasteiger charge is 2.24. The monoisotopic (exact) mass is 313 g/mol. The molecule has 1 saturated carbocycles. The van der Waals surface area contributed by atoms with Crippen LogP contribution in [0, 0.1) is 5.82 Å². The summed E-state index contributed by atoms with van der Waals surface area (Å²) in [6, 6.07) is 12.8. The van der Waals surface area contributed by atoms with Crippen LogP contribution in [-0.2, 0) is 6.54 Å². The lowest BCUT2D eigenvalue weighted by molar-refractivity contribution is 0.415. The minimum atomic E-state index is -0.215. The number of nitrogens with one attached hydrogen (secondary N) is 1. The van der Waals surface area contributed by atoms with Gasteiger partial charge >= 0.3 is 0 Å². The van der Waals surface area contributed by atoms with Crippen molar-refractivity contribution < 1.29 is 9.13 Å². The zero-order valence-corrected chi connectivity index (χ0v) is 13.1. The zero-order valence-electron chi connectivity index (χ0n) is 13.1. The van der Waals surface area contributed by atoms with Gasteiger partial charge in [-0.2, -0.15) is 0 Å². The van der Waals surface area contributed by atoms with Gasteiger partial charge in [0.15, 0.2) is 5.96 Å². The molecule has 0 radical (unpaired) electrons. The van der Waals surface area contributed by atoms with Crippen molar-refractivity contribution in [3.05, 3.63) is 59.4 Å². The summed E-state index contributed by atoms with van der Waals surface area (Å²) in [5, 5.41) is 2.97. The Hall–Kier alpha value is -2.56. The van der Waals surface area contributed by atoms with Gasteiger partial charge < -0.3 is 15.8 Å². The SMILES string of the molecule is COc1cccc(NC(N)=NCc2ccc(C3CC3)cc2F)c1. The van der Waals surface area contributed by atoms with Crippen molar-refractivity contribution in [3.8, 4) is 5.75 Å².